The number of nitrogens with one attached hydrogen (secondary N) is 2. The van der Waals surface area contributed by atoms with E-state index >= 15 is 0 Å². The molecule has 0 fully saturated rings. The Morgan fingerprint density at radius 2 is 1.92 bits per heavy atom. The third-order valence-electron chi connectivity index (χ3n) is 3.50. The molecule has 2 amide bonds. The van der Waals surface area contributed by atoms with E-state index in [9.17, 15) is 9.59 Å². The first-order valence-electron chi connectivity index (χ1n) is 8.10. The number of alkyl carbamates (subject to hydrolysis) is 1. The van der Waals surface area contributed by atoms with Gasteiger partial charge in [-0.2, -0.15) is 0 Å². The lowest BCUT2D eigenvalue weighted by molar-refractivity contribution is -0.119. The molecule has 2 atom stereocenters. The molecular formula is C18H28N2O4. The van der Waals surface area contributed by atoms with E-state index in [4.69, 9.17) is 9.47 Å². The zero-order chi connectivity index (χ0) is 18.3. The van der Waals surface area contributed by atoms with Crippen molar-refractivity contribution in [1.29, 1.82) is 0 Å². The second kappa shape index (κ2) is 8.57. The molecule has 0 spiro atoms. The Bertz CT molecular complexity index is 566. The first kappa shape index (κ1) is 19.8. The third-order valence-corrected chi connectivity index (χ3v) is 3.50. The molecule has 0 bridgehead atoms. The first-order valence-corrected chi connectivity index (χ1v) is 8.10. The van der Waals surface area contributed by atoms with Crippen molar-refractivity contribution in [3.63, 3.8) is 0 Å². The van der Waals surface area contributed by atoms with Crippen LogP contribution in [-0.4, -0.2) is 30.8 Å². The Hall–Kier alpha value is -2.24. The van der Waals surface area contributed by atoms with Crippen molar-refractivity contribution in [3.8, 4) is 5.75 Å². The van der Waals surface area contributed by atoms with Gasteiger partial charge >= 0.3 is 6.09 Å². The lowest BCUT2D eigenvalue weighted by Gasteiger charge is -2.26. The number of hydrogen-bond acceptors (Lipinski definition) is 4. The maximum atomic E-state index is 12.6. The number of hydrogen-bond donors (Lipinski definition) is 2. The summed E-state index contributed by atoms with van der Waals surface area (Å²) in [5.74, 6) is 0.319. The van der Waals surface area contributed by atoms with Gasteiger partial charge in [0, 0.05) is 11.8 Å². The van der Waals surface area contributed by atoms with Crippen molar-refractivity contribution in [1.82, 2.24) is 5.32 Å². The molecule has 2 N–H and O–H groups in total. The van der Waals surface area contributed by atoms with E-state index in [1.165, 1.54) is 0 Å². The van der Waals surface area contributed by atoms with Gasteiger partial charge in [-0.3, -0.25) is 4.79 Å². The zero-order valence-electron chi connectivity index (χ0n) is 15.3. The van der Waals surface area contributed by atoms with Gasteiger partial charge < -0.3 is 20.1 Å². The van der Waals surface area contributed by atoms with Crippen molar-refractivity contribution in [2.75, 3.05) is 12.4 Å². The van der Waals surface area contributed by atoms with E-state index in [1.54, 1.807) is 52.1 Å². The molecule has 0 aromatic heterocycles. The maximum absolute atomic E-state index is 12.6. The van der Waals surface area contributed by atoms with Gasteiger partial charge in [-0.15, -0.1) is 0 Å². The van der Waals surface area contributed by atoms with Gasteiger partial charge in [0.25, 0.3) is 0 Å². The average molecular weight is 336 g/mol. The molecule has 0 saturated carbocycles. The summed E-state index contributed by atoms with van der Waals surface area (Å²) in [4.78, 5) is 24.6. The Morgan fingerprint density at radius 1 is 1.25 bits per heavy atom. The minimum Gasteiger partial charge on any atom is -0.497 e. The fourth-order valence-corrected chi connectivity index (χ4v) is 2.06. The van der Waals surface area contributed by atoms with Crippen LogP contribution in [0.25, 0.3) is 0 Å². The Kier molecular flexibility index (Phi) is 7.07. The monoisotopic (exact) mass is 336 g/mol. The SMILES string of the molecule is CCC(C)C(NC(=O)OC(C)(C)C)C(=O)Nc1cccc(OC)c1. The highest BCUT2D eigenvalue weighted by molar-refractivity contribution is 5.96. The van der Waals surface area contributed by atoms with Gasteiger partial charge in [-0.05, 0) is 38.8 Å². The van der Waals surface area contributed by atoms with Gasteiger partial charge in [-0.1, -0.05) is 26.3 Å². The van der Waals surface area contributed by atoms with Crippen LogP contribution in [0.4, 0.5) is 10.5 Å². The molecule has 24 heavy (non-hydrogen) atoms. The quantitative estimate of drug-likeness (QED) is 0.832. The van der Waals surface area contributed by atoms with Crippen molar-refractivity contribution < 1.29 is 19.1 Å². The standard InChI is InChI=1S/C18H28N2O4/c1-7-12(2)15(20-17(22)24-18(3,4)5)16(21)19-13-9-8-10-14(11-13)23-6/h8-12,15H,7H2,1-6H3,(H,19,21)(H,20,22). The second-order valence-corrected chi connectivity index (χ2v) is 6.73. The molecule has 6 heteroatoms. The summed E-state index contributed by atoms with van der Waals surface area (Å²) in [7, 11) is 1.56. The van der Waals surface area contributed by atoms with Crippen LogP contribution in [0, 0.1) is 5.92 Å². The predicted octanol–water partition coefficient (Wildman–Crippen LogP) is 3.57. The van der Waals surface area contributed by atoms with E-state index in [-0.39, 0.29) is 11.8 Å². The minimum absolute atomic E-state index is 0.0388. The lowest BCUT2D eigenvalue weighted by Crippen LogP contribution is -2.49. The van der Waals surface area contributed by atoms with Crippen molar-refractivity contribution >= 4 is 17.7 Å². The number of amides is 2. The highest BCUT2D eigenvalue weighted by atomic mass is 16.6. The molecule has 2 unspecified atom stereocenters. The fourth-order valence-electron chi connectivity index (χ4n) is 2.06. The smallest absolute Gasteiger partial charge is 0.408 e. The van der Waals surface area contributed by atoms with Crippen LogP contribution >= 0.6 is 0 Å². The average Bonchev–Trinajstić information content (AvgIpc) is 2.50. The van der Waals surface area contributed by atoms with Crippen LogP contribution in [0.3, 0.4) is 0 Å². The van der Waals surface area contributed by atoms with Crippen LogP contribution < -0.4 is 15.4 Å². The molecular weight excluding hydrogens is 308 g/mol. The topological polar surface area (TPSA) is 76.7 Å². The van der Waals surface area contributed by atoms with Gasteiger partial charge in [0.2, 0.25) is 5.91 Å². The number of ether oxygens (including phenoxy) is 2. The molecule has 6 nitrogen and oxygen atoms in total. The minimum atomic E-state index is -0.684. The molecule has 0 saturated heterocycles. The van der Waals surface area contributed by atoms with E-state index < -0.39 is 17.7 Å². The largest absolute Gasteiger partial charge is 0.497 e. The molecule has 1 rings (SSSR count). The second-order valence-electron chi connectivity index (χ2n) is 6.73. The van der Waals surface area contributed by atoms with E-state index in [0.29, 0.717) is 11.4 Å². The van der Waals surface area contributed by atoms with Gasteiger partial charge in [0.15, 0.2) is 0 Å². The number of methoxy groups -OCH3 is 1. The summed E-state index contributed by atoms with van der Waals surface area (Å²) in [5.41, 5.74) is -0.00785. The van der Waals surface area contributed by atoms with Crippen LogP contribution in [0.15, 0.2) is 24.3 Å². The summed E-state index contributed by atoms with van der Waals surface area (Å²) in [6, 6.07) is 6.38. The Morgan fingerprint density at radius 3 is 2.46 bits per heavy atom. The molecule has 1 aromatic carbocycles. The van der Waals surface area contributed by atoms with E-state index in [2.05, 4.69) is 10.6 Å². The summed E-state index contributed by atoms with van der Waals surface area (Å²) < 4.78 is 10.4. The van der Waals surface area contributed by atoms with Crippen LogP contribution in [0.5, 0.6) is 5.75 Å². The summed E-state index contributed by atoms with van der Waals surface area (Å²) in [5, 5.41) is 5.48. The third kappa shape index (κ3) is 6.48. The van der Waals surface area contributed by atoms with Gasteiger partial charge in [0.1, 0.15) is 17.4 Å². The van der Waals surface area contributed by atoms with Crippen molar-refractivity contribution in [2.24, 2.45) is 5.92 Å². The lowest BCUT2D eigenvalue weighted by atomic mass is 9.98. The fraction of sp³-hybridized carbons (Fsp3) is 0.556. The zero-order valence-corrected chi connectivity index (χ0v) is 15.3. The van der Waals surface area contributed by atoms with E-state index in [1.807, 2.05) is 13.8 Å². The summed E-state index contributed by atoms with van der Waals surface area (Å²) in [6.07, 6.45) is 0.139. The van der Waals surface area contributed by atoms with Crippen LogP contribution in [0.2, 0.25) is 0 Å². The number of rotatable bonds is 6. The molecule has 134 valence electrons. The molecule has 0 aliphatic carbocycles. The number of carbonyl (C=O) groups is 2. The summed E-state index contributed by atoms with van der Waals surface area (Å²) >= 11 is 0. The molecule has 0 radical (unpaired) electrons. The number of carbonyl (C=O) groups excluding carboxylic acids is 2. The van der Waals surface area contributed by atoms with E-state index in [0.717, 1.165) is 6.42 Å². The maximum Gasteiger partial charge on any atom is 0.408 e. The Labute approximate surface area is 143 Å². The normalized spacial score (nSPS) is 13.6. The molecule has 1 aromatic rings. The predicted molar refractivity (Wildman–Crippen MR) is 94.2 cm³/mol. The summed E-state index contributed by atoms with van der Waals surface area (Å²) in [6.45, 7) is 9.21. The van der Waals surface area contributed by atoms with Crippen molar-refractivity contribution in [3.05, 3.63) is 24.3 Å². The highest BCUT2D eigenvalue weighted by Crippen LogP contribution is 2.18. The number of anilines is 1. The van der Waals surface area contributed by atoms with Crippen LogP contribution in [-0.2, 0) is 9.53 Å². The number of benzene rings is 1. The van der Waals surface area contributed by atoms with Gasteiger partial charge in [-0.25, -0.2) is 4.79 Å². The molecule has 0 aliphatic heterocycles. The van der Waals surface area contributed by atoms with Gasteiger partial charge in [0.05, 0.1) is 7.11 Å². The first-order chi connectivity index (χ1) is 11.2. The molecule has 0 aliphatic rings. The molecule has 0 heterocycles. The highest BCUT2D eigenvalue weighted by Gasteiger charge is 2.28. The van der Waals surface area contributed by atoms with Crippen molar-refractivity contribution in [2.45, 2.75) is 52.7 Å². The Balaban J connectivity index is 2.83. The van der Waals surface area contributed by atoms with Crippen LogP contribution in [0.1, 0.15) is 41.0 Å².